The van der Waals surface area contributed by atoms with Gasteiger partial charge in [0.1, 0.15) is 29.1 Å². The SMILES string of the molecule is CC(=O)C1=C(C)N=c2s/c(=C/c3ccc(-c4ccc(Br)cc4)o3)c(=O)n2[C@@H]1c1ccc(-c2ccc(Br)cc2)o1. The van der Waals surface area contributed by atoms with Crippen LogP contribution in [0.5, 0.6) is 0 Å². The van der Waals surface area contributed by atoms with Crippen molar-refractivity contribution in [1.82, 2.24) is 4.57 Å². The van der Waals surface area contributed by atoms with Gasteiger partial charge in [0.2, 0.25) is 0 Å². The number of rotatable bonds is 5. The van der Waals surface area contributed by atoms with E-state index in [0.717, 1.165) is 20.1 Å². The molecule has 9 heteroatoms. The summed E-state index contributed by atoms with van der Waals surface area (Å²) in [6.07, 6.45) is 1.71. The van der Waals surface area contributed by atoms with E-state index in [1.807, 2.05) is 72.8 Å². The van der Waals surface area contributed by atoms with Crippen molar-refractivity contribution in [3.63, 3.8) is 0 Å². The Balaban J connectivity index is 1.45. The number of hydrogen-bond donors (Lipinski definition) is 0. The molecule has 0 saturated heterocycles. The van der Waals surface area contributed by atoms with Gasteiger partial charge in [-0.3, -0.25) is 14.2 Å². The minimum absolute atomic E-state index is 0.165. The number of halogens is 2. The highest BCUT2D eigenvalue weighted by Gasteiger charge is 2.33. The van der Waals surface area contributed by atoms with Crippen molar-refractivity contribution in [2.45, 2.75) is 19.9 Å². The summed E-state index contributed by atoms with van der Waals surface area (Å²) in [5.74, 6) is 2.23. The van der Waals surface area contributed by atoms with Gasteiger partial charge in [0.05, 0.1) is 4.53 Å². The van der Waals surface area contributed by atoms with Crippen molar-refractivity contribution in [1.29, 1.82) is 0 Å². The normalized spacial score (nSPS) is 15.4. The predicted molar refractivity (Wildman–Crippen MR) is 158 cm³/mol. The molecule has 0 radical (unpaired) electrons. The van der Waals surface area contributed by atoms with Crippen LogP contribution in [0.15, 0.2) is 112 Å². The Hall–Kier alpha value is -3.53. The van der Waals surface area contributed by atoms with Crippen molar-refractivity contribution in [3.8, 4) is 22.6 Å². The second-order valence-corrected chi connectivity index (χ2v) is 11.9. The van der Waals surface area contributed by atoms with E-state index in [0.29, 0.717) is 43.6 Å². The maximum Gasteiger partial charge on any atom is 0.271 e. The van der Waals surface area contributed by atoms with E-state index in [4.69, 9.17) is 8.83 Å². The highest BCUT2D eigenvalue weighted by atomic mass is 79.9. The third-order valence-electron chi connectivity index (χ3n) is 6.45. The Kier molecular flexibility index (Phi) is 6.74. The molecule has 0 amide bonds. The van der Waals surface area contributed by atoms with Gasteiger partial charge in [0.15, 0.2) is 10.6 Å². The number of hydrogen-bond acceptors (Lipinski definition) is 6. The van der Waals surface area contributed by atoms with E-state index in [2.05, 4.69) is 36.9 Å². The molecule has 2 aromatic carbocycles. The minimum Gasteiger partial charge on any atom is -0.458 e. The van der Waals surface area contributed by atoms with Crippen LogP contribution < -0.4 is 14.9 Å². The van der Waals surface area contributed by atoms with Crippen molar-refractivity contribution in [3.05, 3.63) is 124 Å². The Morgan fingerprint density at radius 1 is 0.897 bits per heavy atom. The molecule has 0 saturated carbocycles. The third kappa shape index (κ3) is 4.86. The number of aromatic nitrogens is 1. The Morgan fingerprint density at radius 3 is 2.10 bits per heavy atom. The standard InChI is InChI=1S/C30H20Br2N2O4S/c1-16-27(17(2)35)28(25-14-13-24(38-25)19-5-9-21(32)10-6-19)34-29(36)26(39-30(34)33-16)15-22-11-12-23(37-22)18-3-7-20(31)8-4-18/h3-15,28H,1-2H3/b26-15+/t28-/m1/s1. The van der Waals surface area contributed by atoms with Gasteiger partial charge in [0, 0.05) is 37.4 Å². The van der Waals surface area contributed by atoms with Crippen LogP contribution in [0.3, 0.4) is 0 Å². The van der Waals surface area contributed by atoms with Crippen LogP contribution in [-0.2, 0) is 4.79 Å². The van der Waals surface area contributed by atoms with Crippen LogP contribution in [0.1, 0.15) is 31.4 Å². The number of carbonyl (C=O) groups is 1. The zero-order chi connectivity index (χ0) is 27.3. The van der Waals surface area contributed by atoms with Gasteiger partial charge < -0.3 is 8.83 Å². The van der Waals surface area contributed by atoms with E-state index in [-0.39, 0.29) is 11.3 Å². The molecule has 6 rings (SSSR count). The molecule has 0 unspecified atom stereocenters. The number of allylic oxidation sites excluding steroid dienone is 2. The molecule has 0 spiro atoms. The average molecular weight is 664 g/mol. The fourth-order valence-electron chi connectivity index (χ4n) is 4.64. The topological polar surface area (TPSA) is 77.7 Å². The number of furan rings is 2. The molecule has 0 fully saturated rings. The molecule has 0 N–H and O–H groups in total. The molecule has 5 aromatic rings. The van der Waals surface area contributed by atoms with Crippen LogP contribution in [0, 0.1) is 0 Å². The van der Waals surface area contributed by atoms with E-state index in [1.54, 1.807) is 17.6 Å². The van der Waals surface area contributed by atoms with Gasteiger partial charge in [-0.05, 0) is 62.4 Å². The largest absolute Gasteiger partial charge is 0.458 e. The van der Waals surface area contributed by atoms with Gasteiger partial charge in [-0.2, -0.15) is 0 Å². The van der Waals surface area contributed by atoms with Crippen LogP contribution in [-0.4, -0.2) is 10.4 Å². The van der Waals surface area contributed by atoms with Crippen molar-refractivity contribution >= 4 is 55.1 Å². The van der Waals surface area contributed by atoms with Crippen molar-refractivity contribution in [2.24, 2.45) is 4.99 Å². The summed E-state index contributed by atoms with van der Waals surface area (Å²) in [5, 5.41) is 0. The lowest BCUT2D eigenvalue weighted by Gasteiger charge is -2.22. The molecular weight excluding hydrogens is 644 g/mol. The summed E-state index contributed by atoms with van der Waals surface area (Å²) in [5.41, 5.74) is 2.55. The maximum atomic E-state index is 13.8. The van der Waals surface area contributed by atoms with Crippen molar-refractivity contribution < 1.29 is 13.6 Å². The molecule has 0 aliphatic carbocycles. The summed E-state index contributed by atoms with van der Waals surface area (Å²) in [6.45, 7) is 3.28. The summed E-state index contributed by atoms with van der Waals surface area (Å²) < 4.78 is 16.2. The van der Waals surface area contributed by atoms with E-state index in [1.165, 1.54) is 18.3 Å². The zero-order valence-corrected chi connectivity index (χ0v) is 24.8. The highest BCUT2D eigenvalue weighted by Crippen LogP contribution is 2.34. The number of benzene rings is 2. The Labute approximate surface area is 243 Å². The van der Waals surface area contributed by atoms with Gasteiger partial charge in [-0.25, -0.2) is 4.99 Å². The lowest BCUT2D eigenvalue weighted by molar-refractivity contribution is -0.114. The minimum atomic E-state index is -0.722. The molecule has 194 valence electrons. The number of ketones is 1. The monoisotopic (exact) mass is 662 g/mol. The molecule has 1 atom stereocenters. The second-order valence-electron chi connectivity index (χ2n) is 9.06. The van der Waals surface area contributed by atoms with Crippen LogP contribution in [0.25, 0.3) is 28.7 Å². The number of nitrogens with zero attached hydrogens (tertiary/aromatic N) is 2. The molecule has 4 heterocycles. The number of fused-ring (bicyclic) bond motifs is 1. The first-order valence-electron chi connectivity index (χ1n) is 12.0. The fourth-order valence-corrected chi connectivity index (χ4v) is 6.19. The lowest BCUT2D eigenvalue weighted by atomic mass is 9.98. The van der Waals surface area contributed by atoms with E-state index in [9.17, 15) is 9.59 Å². The Bertz CT molecular complexity index is 1940. The highest BCUT2D eigenvalue weighted by molar-refractivity contribution is 9.10. The fraction of sp³-hybridized carbons (Fsp3) is 0.100. The van der Waals surface area contributed by atoms with E-state index < -0.39 is 6.04 Å². The summed E-state index contributed by atoms with van der Waals surface area (Å²) in [6, 6.07) is 22.2. The molecule has 3 aromatic heterocycles. The van der Waals surface area contributed by atoms with Gasteiger partial charge >= 0.3 is 0 Å². The third-order valence-corrected chi connectivity index (χ3v) is 8.50. The first-order valence-corrected chi connectivity index (χ1v) is 14.4. The first kappa shape index (κ1) is 25.7. The molecule has 0 bridgehead atoms. The average Bonchev–Trinajstić information content (AvgIpc) is 3.64. The first-order chi connectivity index (χ1) is 18.8. The second kappa shape index (κ2) is 10.2. The summed E-state index contributed by atoms with van der Waals surface area (Å²) in [4.78, 5) is 31.7. The smallest absolute Gasteiger partial charge is 0.271 e. The maximum absolute atomic E-state index is 13.8. The molecular formula is C30H20Br2N2O4S. The molecule has 1 aliphatic heterocycles. The summed E-state index contributed by atoms with van der Waals surface area (Å²) >= 11 is 8.15. The van der Waals surface area contributed by atoms with Crippen LogP contribution in [0.4, 0.5) is 0 Å². The number of carbonyl (C=O) groups excluding carboxylic acids is 1. The summed E-state index contributed by atoms with van der Waals surface area (Å²) in [7, 11) is 0. The molecule has 6 nitrogen and oxygen atoms in total. The van der Waals surface area contributed by atoms with Crippen LogP contribution >= 0.6 is 43.2 Å². The lowest BCUT2D eigenvalue weighted by Crippen LogP contribution is -2.39. The quantitative estimate of drug-likeness (QED) is 0.206. The predicted octanol–water partition coefficient (Wildman–Crippen LogP) is 6.87. The molecule has 39 heavy (non-hydrogen) atoms. The number of thiazole rings is 1. The number of Topliss-reactive ketones (excluding diaryl/α,β-unsaturated/α-hetero) is 1. The van der Waals surface area contributed by atoms with E-state index >= 15 is 0 Å². The van der Waals surface area contributed by atoms with Gasteiger partial charge in [-0.15, -0.1) is 0 Å². The zero-order valence-electron chi connectivity index (χ0n) is 20.8. The van der Waals surface area contributed by atoms with Gasteiger partial charge in [0.25, 0.3) is 5.56 Å². The van der Waals surface area contributed by atoms with Crippen molar-refractivity contribution in [2.75, 3.05) is 0 Å². The van der Waals surface area contributed by atoms with Crippen LogP contribution in [0.2, 0.25) is 0 Å². The Morgan fingerprint density at radius 2 is 1.49 bits per heavy atom. The van der Waals surface area contributed by atoms with Gasteiger partial charge in [-0.1, -0.05) is 67.5 Å². The molecule has 1 aliphatic rings.